The lowest BCUT2D eigenvalue weighted by Crippen LogP contribution is -2.12. The maximum Gasteiger partial charge on any atom is 0.221 e. The van der Waals surface area contributed by atoms with Crippen molar-refractivity contribution in [2.45, 2.75) is 6.92 Å². The number of rotatable bonds is 3. The fraction of sp³-hybridized carbons (Fsp3) is 0.200. The highest BCUT2D eigenvalue weighted by molar-refractivity contribution is 6.28. The van der Waals surface area contributed by atoms with E-state index in [2.05, 4.69) is 10.3 Å². The van der Waals surface area contributed by atoms with E-state index < -0.39 is 5.82 Å². The van der Waals surface area contributed by atoms with Crippen LogP contribution in [0.25, 0.3) is 0 Å². The lowest BCUT2D eigenvalue weighted by atomic mass is 10.2. The van der Waals surface area contributed by atoms with Crippen LogP contribution >= 0.6 is 11.6 Å². The lowest BCUT2D eigenvalue weighted by molar-refractivity contribution is -0.114. The number of anilines is 1. The van der Waals surface area contributed by atoms with E-state index >= 15 is 0 Å². The summed E-state index contributed by atoms with van der Waals surface area (Å²) in [5.41, 5.74) is 5.93. The van der Waals surface area contributed by atoms with Gasteiger partial charge in [-0.05, 0) is 18.2 Å². The number of aliphatic imine (C=N–C) groups is 1. The summed E-state index contributed by atoms with van der Waals surface area (Å²) in [4.78, 5) is 14.7. The Morgan fingerprint density at radius 1 is 1.62 bits per heavy atom. The molecule has 4 nitrogen and oxygen atoms in total. The Bertz CT molecular complexity index is 434. The van der Waals surface area contributed by atoms with Crippen molar-refractivity contribution in [2.24, 2.45) is 10.7 Å². The molecule has 1 rings (SSSR count). The summed E-state index contributed by atoms with van der Waals surface area (Å²) in [6.07, 6.45) is 0. The van der Waals surface area contributed by atoms with E-state index in [4.69, 9.17) is 17.3 Å². The SMILES string of the molecule is CC(=O)Nc1cc(N=C(N)CCl)ccc1F. The number of benzene rings is 1. The van der Waals surface area contributed by atoms with Gasteiger partial charge in [0.25, 0.3) is 0 Å². The normalized spacial score (nSPS) is 11.3. The number of nitrogens with zero attached hydrogens (tertiary/aromatic N) is 1. The molecule has 3 N–H and O–H groups in total. The minimum Gasteiger partial charge on any atom is -0.386 e. The summed E-state index contributed by atoms with van der Waals surface area (Å²) >= 11 is 5.46. The minimum atomic E-state index is -0.529. The maximum atomic E-state index is 13.2. The van der Waals surface area contributed by atoms with E-state index in [0.29, 0.717) is 5.69 Å². The zero-order chi connectivity index (χ0) is 12.1. The number of nitrogens with two attached hydrogens (primary N) is 1. The molecule has 0 fully saturated rings. The number of carbonyl (C=O) groups excluding carboxylic acids is 1. The first-order chi connectivity index (χ1) is 7.52. The summed E-state index contributed by atoms with van der Waals surface area (Å²) in [5, 5.41) is 2.35. The van der Waals surface area contributed by atoms with Gasteiger partial charge in [0.2, 0.25) is 5.91 Å². The van der Waals surface area contributed by atoms with Crippen molar-refractivity contribution in [2.75, 3.05) is 11.2 Å². The number of halogens is 2. The van der Waals surface area contributed by atoms with Gasteiger partial charge in [-0.15, -0.1) is 11.6 Å². The zero-order valence-corrected chi connectivity index (χ0v) is 9.38. The van der Waals surface area contributed by atoms with Crippen LogP contribution in [0, 0.1) is 5.82 Å². The molecular formula is C10H11ClFN3O. The summed E-state index contributed by atoms with van der Waals surface area (Å²) < 4.78 is 13.2. The molecule has 1 amide bonds. The average molecular weight is 244 g/mol. The van der Waals surface area contributed by atoms with Gasteiger partial charge in [-0.1, -0.05) is 0 Å². The molecular weight excluding hydrogens is 233 g/mol. The van der Waals surface area contributed by atoms with Gasteiger partial charge >= 0.3 is 0 Å². The van der Waals surface area contributed by atoms with Gasteiger partial charge in [-0.3, -0.25) is 4.79 Å². The van der Waals surface area contributed by atoms with Crippen molar-refractivity contribution in [1.82, 2.24) is 0 Å². The zero-order valence-electron chi connectivity index (χ0n) is 8.63. The molecule has 0 radical (unpaired) electrons. The van der Waals surface area contributed by atoms with Crippen LogP contribution in [-0.4, -0.2) is 17.6 Å². The molecule has 0 aliphatic heterocycles. The van der Waals surface area contributed by atoms with Crippen LogP contribution in [0.3, 0.4) is 0 Å². The first-order valence-corrected chi connectivity index (χ1v) is 5.02. The number of hydrogen-bond acceptors (Lipinski definition) is 2. The smallest absolute Gasteiger partial charge is 0.221 e. The third kappa shape index (κ3) is 3.51. The summed E-state index contributed by atoms with van der Waals surface area (Å²) in [6, 6.07) is 4.03. The van der Waals surface area contributed by atoms with Gasteiger partial charge in [-0.2, -0.15) is 0 Å². The molecule has 0 atom stereocenters. The molecule has 1 aromatic carbocycles. The predicted molar refractivity (Wildman–Crippen MR) is 62.7 cm³/mol. The third-order valence-corrected chi connectivity index (χ3v) is 1.94. The number of hydrogen-bond donors (Lipinski definition) is 2. The van der Waals surface area contributed by atoms with Crippen LogP contribution in [0.15, 0.2) is 23.2 Å². The Balaban J connectivity index is 3.02. The topological polar surface area (TPSA) is 67.5 Å². The van der Waals surface area contributed by atoms with Crippen LogP contribution < -0.4 is 11.1 Å². The third-order valence-electron chi connectivity index (χ3n) is 1.67. The molecule has 0 saturated carbocycles. The molecule has 0 bridgehead atoms. The van der Waals surface area contributed by atoms with Gasteiger partial charge in [0.05, 0.1) is 17.3 Å². The molecule has 0 spiro atoms. The van der Waals surface area contributed by atoms with E-state index in [9.17, 15) is 9.18 Å². The van der Waals surface area contributed by atoms with Crippen molar-refractivity contribution in [3.05, 3.63) is 24.0 Å². The highest BCUT2D eigenvalue weighted by Gasteiger charge is 2.04. The second-order valence-corrected chi connectivity index (χ2v) is 3.35. The molecule has 1 aromatic rings. The Labute approximate surface area is 97.3 Å². The largest absolute Gasteiger partial charge is 0.386 e. The molecule has 0 heterocycles. The quantitative estimate of drug-likeness (QED) is 0.484. The second-order valence-electron chi connectivity index (χ2n) is 3.08. The summed E-state index contributed by atoms with van der Waals surface area (Å²) in [6.45, 7) is 1.29. The molecule has 0 aliphatic rings. The first kappa shape index (κ1) is 12.4. The van der Waals surface area contributed by atoms with E-state index in [1.807, 2.05) is 0 Å². The summed E-state index contributed by atoms with van der Waals surface area (Å²) in [7, 11) is 0. The number of alkyl halides is 1. The molecule has 0 saturated heterocycles. The van der Waals surface area contributed by atoms with E-state index in [1.165, 1.54) is 25.1 Å². The molecule has 16 heavy (non-hydrogen) atoms. The fourth-order valence-corrected chi connectivity index (χ4v) is 1.12. The summed E-state index contributed by atoms with van der Waals surface area (Å²) in [5.74, 6) is -0.571. The average Bonchev–Trinajstić information content (AvgIpc) is 2.22. The van der Waals surface area contributed by atoms with Crippen LogP contribution in [0.2, 0.25) is 0 Å². The Morgan fingerprint density at radius 2 is 2.31 bits per heavy atom. The van der Waals surface area contributed by atoms with Crippen LogP contribution in [-0.2, 0) is 4.79 Å². The van der Waals surface area contributed by atoms with Gasteiger partial charge in [0, 0.05) is 6.92 Å². The molecule has 6 heteroatoms. The maximum absolute atomic E-state index is 13.2. The van der Waals surface area contributed by atoms with E-state index in [0.717, 1.165) is 0 Å². The van der Waals surface area contributed by atoms with Crippen molar-refractivity contribution in [3.63, 3.8) is 0 Å². The first-order valence-electron chi connectivity index (χ1n) is 4.49. The molecule has 0 aliphatic carbocycles. The monoisotopic (exact) mass is 243 g/mol. The number of carbonyl (C=O) groups is 1. The van der Waals surface area contributed by atoms with Crippen molar-refractivity contribution >= 4 is 34.7 Å². The minimum absolute atomic E-state index is 0.0659. The lowest BCUT2D eigenvalue weighted by Gasteiger charge is -2.04. The predicted octanol–water partition coefficient (Wildman–Crippen LogP) is 2.01. The Hall–Kier alpha value is -1.62. The highest BCUT2D eigenvalue weighted by atomic mass is 35.5. The highest BCUT2D eigenvalue weighted by Crippen LogP contribution is 2.21. The van der Waals surface area contributed by atoms with Gasteiger partial charge in [0.1, 0.15) is 11.7 Å². The Kier molecular flexibility index (Phi) is 4.25. The second kappa shape index (κ2) is 5.46. The number of amidine groups is 1. The van der Waals surface area contributed by atoms with Gasteiger partial charge in [0.15, 0.2) is 0 Å². The standard InChI is InChI=1S/C10H11ClFN3O/c1-6(16)14-9-4-7(2-3-8(9)12)15-10(13)5-11/h2-4H,5H2,1H3,(H2,13,15)(H,14,16). The van der Waals surface area contributed by atoms with Crippen molar-refractivity contribution in [3.8, 4) is 0 Å². The molecule has 0 aromatic heterocycles. The number of nitrogens with one attached hydrogen (secondary N) is 1. The fourth-order valence-electron chi connectivity index (χ4n) is 1.06. The van der Waals surface area contributed by atoms with Crippen molar-refractivity contribution in [1.29, 1.82) is 0 Å². The van der Waals surface area contributed by atoms with Crippen LogP contribution in [0.4, 0.5) is 15.8 Å². The van der Waals surface area contributed by atoms with E-state index in [1.54, 1.807) is 0 Å². The van der Waals surface area contributed by atoms with Crippen LogP contribution in [0.1, 0.15) is 6.92 Å². The molecule has 0 unspecified atom stereocenters. The van der Waals surface area contributed by atoms with Gasteiger partial charge in [-0.25, -0.2) is 9.38 Å². The molecule has 86 valence electrons. The van der Waals surface area contributed by atoms with Gasteiger partial charge < -0.3 is 11.1 Å². The Morgan fingerprint density at radius 3 is 2.88 bits per heavy atom. The number of amides is 1. The van der Waals surface area contributed by atoms with Crippen LogP contribution in [0.5, 0.6) is 0 Å². The van der Waals surface area contributed by atoms with Crippen molar-refractivity contribution < 1.29 is 9.18 Å². The van der Waals surface area contributed by atoms with E-state index in [-0.39, 0.29) is 23.3 Å².